The Morgan fingerprint density at radius 1 is 1.21 bits per heavy atom. The van der Waals surface area contributed by atoms with Crippen LogP contribution in [0.1, 0.15) is 13.8 Å². The smallest absolute Gasteiger partial charge is 0.244 e. The number of nitrogens with one attached hydrogen (secondary N) is 1. The number of piperazine rings is 1. The lowest BCUT2D eigenvalue weighted by molar-refractivity contribution is 0.263. The van der Waals surface area contributed by atoms with E-state index in [0.717, 1.165) is 0 Å². The Bertz CT molecular complexity index is 567. The van der Waals surface area contributed by atoms with Crippen LogP contribution < -0.4 is 5.32 Å². The molecule has 106 valence electrons. The zero-order chi connectivity index (χ0) is 14.2. The molecule has 1 aliphatic heterocycles. The molecule has 1 N–H and O–H groups in total. The minimum Gasteiger partial charge on any atom is -0.309 e. The Morgan fingerprint density at radius 3 is 2.37 bits per heavy atom. The van der Waals surface area contributed by atoms with Crippen LogP contribution in [-0.2, 0) is 10.0 Å². The molecule has 1 aromatic rings. The molecule has 1 heterocycles. The third-order valence-electron chi connectivity index (χ3n) is 3.06. The van der Waals surface area contributed by atoms with Gasteiger partial charge in [0.1, 0.15) is 4.90 Å². The average Bonchev–Trinajstić information content (AvgIpc) is 2.31. The molecular weight excluding hydrogens is 307 g/mol. The van der Waals surface area contributed by atoms with Crippen molar-refractivity contribution in [3.63, 3.8) is 0 Å². The largest absolute Gasteiger partial charge is 0.309 e. The monoisotopic (exact) mass is 322 g/mol. The van der Waals surface area contributed by atoms with Gasteiger partial charge in [0.25, 0.3) is 0 Å². The quantitative estimate of drug-likeness (QED) is 0.909. The molecule has 1 fully saturated rings. The Labute approximate surface area is 123 Å². The molecule has 0 amide bonds. The summed E-state index contributed by atoms with van der Waals surface area (Å²) < 4.78 is 26.7. The summed E-state index contributed by atoms with van der Waals surface area (Å²) in [6.07, 6.45) is 0. The van der Waals surface area contributed by atoms with Gasteiger partial charge in [-0.25, -0.2) is 8.42 Å². The summed E-state index contributed by atoms with van der Waals surface area (Å²) in [4.78, 5) is 0.0722. The number of halogens is 2. The first-order valence-electron chi connectivity index (χ1n) is 6.02. The second-order valence-electron chi connectivity index (χ2n) is 4.84. The molecule has 0 aromatic heterocycles. The van der Waals surface area contributed by atoms with E-state index >= 15 is 0 Å². The van der Waals surface area contributed by atoms with Crippen molar-refractivity contribution in [2.24, 2.45) is 0 Å². The van der Waals surface area contributed by atoms with E-state index in [1.54, 1.807) is 12.1 Å². The average molecular weight is 323 g/mol. The van der Waals surface area contributed by atoms with Crippen LogP contribution in [0, 0.1) is 0 Å². The maximum atomic E-state index is 12.6. The van der Waals surface area contributed by atoms with Crippen LogP contribution in [0.2, 0.25) is 10.0 Å². The lowest BCUT2D eigenvalue weighted by Crippen LogP contribution is -2.55. The third-order valence-corrected chi connectivity index (χ3v) is 5.86. The Kier molecular flexibility index (Phi) is 4.42. The first kappa shape index (κ1) is 15.1. The predicted molar refractivity (Wildman–Crippen MR) is 77.3 cm³/mol. The predicted octanol–water partition coefficient (Wildman–Crippen LogP) is 2.36. The van der Waals surface area contributed by atoms with Crippen LogP contribution in [0.3, 0.4) is 0 Å². The van der Waals surface area contributed by atoms with Crippen molar-refractivity contribution in [2.45, 2.75) is 30.8 Å². The standard InChI is InChI=1S/C12H16Cl2N2O2S/c1-8-6-16(7-9(2)15-8)19(17,18)11-5-3-4-10(13)12(11)14/h3-5,8-9,15H,6-7H2,1-2H3. The van der Waals surface area contributed by atoms with E-state index in [1.165, 1.54) is 10.4 Å². The number of nitrogens with zero attached hydrogens (tertiary/aromatic N) is 1. The molecule has 0 spiro atoms. The van der Waals surface area contributed by atoms with Crippen molar-refractivity contribution >= 4 is 33.2 Å². The number of sulfonamides is 1. The van der Waals surface area contributed by atoms with Crippen LogP contribution in [0.25, 0.3) is 0 Å². The second-order valence-corrected chi connectivity index (χ2v) is 7.53. The molecule has 7 heteroatoms. The summed E-state index contributed by atoms with van der Waals surface area (Å²) >= 11 is 11.9. The Balaban J connectivity index is 2.39. The zero-order valence-electron chi connectivity index (χ0n) is 10.7. The van der Waals surface area contributed by atoms with Crippen molar-refractivity contribution in [1.82, 2.24) is 9.62 Å². The van der Waals surface area contributed by atoms with Crippen LogP contribution in [0.5, 0.6) is 0 Å². The van der Waals surface area contributed by atoms with E-state index < -0.39 is 10.0 Å². The highest BCUT2D eigenvalue weighted by atomic mass is 35.5. The molecule has 1 aromatic carbocycles. The molecule has 2 rings (SSSR count). The Hall–Kier alpha value is -0.330. The molecule has 0 radical (unpaired) electrons. The fraction of sp³-hybridized carbons (Fsp3) is 0.500. The third kappa shape index (κ3) is 3.06. The lowest BCUT2D eigenvalue weighted by Gasteiger charge is -2.35. The van der Waals surface area contributed by atoms with Gasteiger partial charge in [-0.05, 0) is 26.0 Å². The minimum absolute atomic E-state index is 0.0722. The molecule has 19 heavy (non-hydrogen) atoms. The first-order chi connectivity index (χ1) is 8.82. The highest BCUT2D eigenvalue weighted by Gasteiger charge is 2.32. The normalized spacial score (nSPS) is 25.5. The molecule has 1 aliphatic rings. The van der Waals surface area contributed by atoms with E-state index in [4.69, 9.17) is 23.2 Å². The molecule has 1 saturated heterocycles. The topological polar surface area (TPSA) is 49.4 Å². The van der Waals surface area contributed by atoms with Crippen molar-refractivity contribution in [1.29, 1.82) is 0 Å². The fourth-order valence-electron chi connectivity index (χ4n) is 2.30. The van der Waals surface area contributed by atoms with Gasteiger partial charge in [-0.3, -0.25) is 0 Å². The van der Waals surface area contributed by atoms with Crippen LogP contribution >= 0.6 is 23.2 Å². The lowest BCUT2D eigenvalue weighted by atomic mass is 10.2. The van der Waals surface area contributed by atoms with Gasteiger partial charge in [0.15, 0.2) is 0 Å². The molecular formula is C12H16Cl2N2O2S. The van der Waals surface area contributed by atoms with Gasteiger partial charge in [0.2, 0.25) is 10.0 Å². The van der Waals surface area contributed by atoms with Gasteiger partial charge >= 0.3 is 0 Å². The van der Waals surface area contributed by atoms with E-state index in [-0.39, 0.29) is 27.0 Å². The summed E-state index contributed by atoms with van der Waals surface area (Å²) in [6.45, 7) is 4.76. The van der Waals surface area contributed by atoms with Crippen molar-refractivity contribution < 1.29 is 8.42 Å². The maximum absolute atomic E-state index is 12.6. The fourth-order valence-corrected chi connectivity index (χ4v) is 4.65. The highest BCUT2D eigenvalue weighted by Crippen LogP contribution is 2.31. The highest BCUT2D eigenvalue weighted by molar-refractivity contribution is 7.89. The van der Waals surface area contributed by atoms with Gasteiger partial charge in [0.05, 0.1) is 10.0 Å². The molecule has 0 aliphatic carbocycles. The maximum Gasteiger partial charge on any atom is 0.244 e. The molecule has 0 bridgehead atoms. The number of hydrogen-bond donors (Lipinski definition) is 1. The van der Waals surface area contributed by atoms with Crippen molar-refractivity contribution in [3.8, 4) is 0 Å². The minimum atomic E-state index is -3.60. The number of rotatable bonds is 2. The van der Waals surface area contributed by atoms with Crippen molar-refractivity contribution in [2.75, 3.05) is 13.1 Å². The van der Waals surface area contributed by atoms with Crippen molar-refractivity contribution in [3.05, 3.63) is 28.2 Å². The molecule has 2 atom stereocenters. The van der Waals surface area contributed by atoms with E-state index in [1.807, 2.05) is 13.8 Å². The van der Waals surface area contributed by atoms with Crippen LogP contribution in [0.4, 0.5) is 0 Å². The molecule has 2 unspecified atom stereocenters. The van der Waals surface area contributed by atoms with Gasteiger partial charge < -0.3 is 5.32 Å². The summed E-state index contributed by atoms with van der Waals surface area (Å²) in [6, 6.07) is 4.87. The van der Waals surface area contributed by atoms with E-state index in [2.05, 4.69) is 5.32 Å². The van der Waals surface area contributed by atoms with Gasteiger partial charge in [-0.2, -0.15) is 4.31 Å². The summed E-state index contributed by atoms with van der Waals surface area (Å²) in [5.41, 5.74) is 0. The number of benzene rings is 1. The number of hydrogen-bond acceptors (Lipinski definition) is 3. The summed E-state index contributed by atoms with van der Waals surface area (Å²) in [7, 11) is -3.60. The van der Waals surface area contributed by atoms with Crippen LogP contribution in [-0.4, -0.2) is 37.9 Å². The van der Waals surface area contributed by atoms with Crippen LogP contribution in [0.15, 0.2) is 23.1 Å². The van der Waals surface area contributed by atoms with Gasteiger partial charge in [0, 0.05) is 25.2 Å². The summed E-state index contributed by atoms with van der Waals surface area (Å²) in [5.74, 6) is 0. The SMILES string of the molecule is CC1CN(S(=O)(=O)c2cccc(Cl)c2Cl)CC(C)N1. The van der Waals surface area contributed by atoms with E-state index in [9.17, 15) is 8.42 Å². The van der Waals surface area contributed by atoms with Gasteiger partial charge in [-0.15, -0.1) is 0 Å². The van der Waals surface area contributed by atoms with E-state index in [0.29, 0.717) is 13.1 Å². The summed E-state index contributed by atoms with van der Waals surface area (Å²) in [5, 5.41) is 3.63. The molecule has 0 saturated carbocycles. The second kappa shape index (κ2) is 5.58. The zero-order valence-corrected chi connectivity index (χ0v) is 13.1. The van der Waals surface area contributed by atoms with Gasteiger partial charge in [-0.1, -0.05) is 29.3 Å². The molecule has 4 nitrogen and oxygen atoms in total. The Morgan fingerprint density at radius 2 is 1.79 bits per heavy atom. The first-order valence-corrected chi connectivity index (χ1v) is 8.22.